The van der Waals surface area contributed by atoms with Crippen molar-refractivity contribution < 1.29 is 18.3 Å². The fourth-order valence-electron chi connectivity index (χ4n) is 2.85. The molecule has 0 atom stereocenters. The van der Waals surface area contributed by atoms with E-state index in [9.17, 15) is 18.3 Å². The van der Waals surface area contributed by atoms with Crippen molar-refractivity contribution in [1.29, 1.82) is 0 Å². The van der Waals surface area contributed by atoms with Crippen molar-refractivity contribution in [3.05, 3.63) is 59.7 Å². The zero-order chi connectivity index (χ0) is 17.9. The molecule has 1 amide bonds. The van der Waals surface area contributed by atoms with E-state index in [4.69, 9.17) is 0 Å². The van der Waals surface area contributed by atoms with Crippen LogP contribution in [0, 0.1) is 0 Å². The summed E-state index contributed by atoms with van der Waals surface area (Å²) in [5.74, 6) is 0.0636. The van der Waals surface area contributed by atoms with Crippen LogP contribution in [-0.4, -0.2) is 31.7 Å². The summed E-state index contributed by atoms with van der Waals surface area (Å²) in [6.07, 6.45) is 0.719. The molecule has 2 N–H and O–H groups in total. The van der Waals surface area contributed by atoms with Crippen LogP contribution in [0.2, 0.25) is 0 Å². The monoisotopic (exact) mass is 360 g/mol. The van der Waals surface area contributed by atoms with Gasteiger partial charge in [0.25, 0.3) is 0 Å². The molecule has 1 fully saturated rings. The summed E-state index contributed by atoms with van der Waals surface area (Å²) >= 11 is 0. The molecule has 0 unspecified atom stereocenters. The minimum absolute atomic E-state index is 0.0901. The van der Waals surface area contributed by atoms with Gasteiger partial charge in [-0.3, -0.25) is 9.10 Å². The number of anilines is 1. The third-order valence-corrected chi connectivity index (χ3v) is 6.00. The van der Waals surface area contributed by atoms with E-state index in [0.29, 0.717) is 30.8 Å². The molecule has 25 heavy (non-hydrogen) atoms. The zero-order valence-electron chi connectivity index (χ0n) is 13.7. The number of phenolic OH excluding ortho intramolecular Hbond substituents is 1. The number of nitrogens with zero attached hydrogens (tertiary/aromatic N) is 1. The Morgan fingerprint density at radius 1 is 1.16 bits per heavy atom. The normalized spacial score (nSPS) is 15.9. The maximum atomic E-state index is 12.1. The van der Waals surface area contributed by atoms with Crippen LogP contribution in [0.25, 0.3) is 0 Å². The van der Waals surface area contributed by atoms with Crippen LogP contribution >= 0.6 is 0 Å². The third-order valence-electron chi connectivity index (χ3n) is 4.13. The van der Waals surface area contributed by atoms with Crippen LogP contribution < -0.4 is 9.62 Å². The number of hydrogen-bond donors (Lipinski definition) is 2. The molecule has 1 heterocycles. The predicted octanol–water partition coefficient (Wildman–Crippen LogP) is 1.79. The van der Waals surface area contributed by atoms with Gasteiger partial charge in [0.1, 0.15) is 5.75 Å². The van der Waals surface area contributed by atoms with Gasteiger partial charge in [0.15, 0.2) is 0 Å². The quantitative estimate of drug-likeness (QED) is 0.851. The second-order valence-electron chi connectivity index (χ2n) is 5.99. The van der Waals surface area contributed by atoms with Crippen LogP contribution in [0.1, 0.15) is 17.5 Å². The van der Waals surface area contributed by atoms with Gasteiger partial charge in [-0.05, 0) is 30.2 Å². The Labute approximate surface area is 147 Å². The highest BCUT2D eigenvalue weighted by atomic mass is 32.2. The van der Waals surface area contributed by atoms with Gasteiger partial charge in [0.2, 0.25) is 15.9 Å². The fourth-order valence-corrected chi connectivity index (χ4v) is 4.40. The molecule has 3 rings (SSSR count). The highest BCUT2D eigenvalue weighted by molar-refractivity contribution is 7.93. The molecule has 0 radical (unpaired) electrons. The van der Waals surface area contributed by atoms with Crippen LogP contribution in [-0.2, 0) is 27.8 Å². The van der Waals surface area contributed by atoms with Gasteiger partial charge in [-0.2, -0.15) is 0 Å². The topological polar surface area (TPSA) is 86.7 Å². The van der Waals surface area contributed by atoms with Crippen LogP contribution in [0.5, 0.6) is 5.75 Å². The molecule has 1 saturated heterocycles. The maximum absolute atomic E-state index is 12.1. The molecule has 0 spiro atoms. The van der Waals surface area contributed by atoms with E-state index in [-0.39, 0.29) is 23.8 Å². The summed E-state index contributed by atoms with van der Waals surface area (Å²) in [6, 6.07) is 13.9. The number of benzene rings is 2. The predicted molar refractivity (Wildman–Crippen MR) is 95.8 cm³/mol. The SMILES string of the molecule is O=C(Cc1ccccc1O)NCc1cccc(N2CCCS2(=O)=O)c1. The van der Waals surface area contributed by atoms with Crippen molar-refractivity contribution in [2.24, 2.45) is 0 Å². The number of carbonyl (C=O) groups is 1. The van der Waals surface area contributed by atoms with E-state index >= 15 is 0 Å². The molecule has 0 saturated carbocycles. The number of aromatic hydroxyl groups is 1. The van der Waals surface area contributed by atoms with E-state index in [1.54, 1.807) is 42.5 Å². The average molecular weight is 360 g/mol. The Morgan fingerprint density at radius 3 is 2.68 bits per heavy atom. The van der Waals surface area contributed by atoms with Crippen molar-refractivity contribution in [2.75, 3.05) is 16.6 Å². The number of nitrogens with one attached hydrogen (secondary N) is 1. The first-order chi connectivity index (χ1) is 12.0. The van der Waals surface area contributed by atoms with Gasteiger partial charge >= 0.3 is 0 Å². The van der Waals surface area contributed by atoms with Crippen molar-refractivity contribution in [3.8, 4) is 5.75 Å². The molecular weight excluding hydrogens is 340 g/mol. The molecule has 132 valence electrons. The molecular formula is C18H20N2O4S. The number of hydrogen-bond acceptors (Lipinski definition) is 4. The maximum Gasteiger partial charge on any atom is 0.235 e. The average Bonchev–Trinajstić information content (AvgIpc) is 2.95. The summed E-state index contributed by atoms with van der Waals surface area (Å²) in [5.41, 5.74) is 2.02. The molecule has 0 aliphatic carbocycles. The molecule has 0 aromatic heterocycles. The standard InChI is InChI=1S/C18H20N2O4S/c21-17-8-2-1-6-15(17)12-18(22)19-13-14-5-3-7-16(11-14)20-9-4-10-25(20,23)24/h1-3,5-8,11,21H,4,9-10,12-13H2,(H,19,22). The smallest absolute Gasteiger partial charge is 0.235 e. The Morgan fingerprint density at radius 2 is 1.96 bits per heavy atom. The highest BCUT2D eigenvalue weighted by Crippen LogP contribution is 2.24. The van der Waals surface area contributed by atoms with Gasteiger partial charge in [0, 0.05) is 18.7 Å². The Balaban J connectivity index is 1.63. The largest absolute Gasteiger partial charge is 0.508 e. The molecule has 2 aromatic carbocycles. The molecule has 0 bridgehead atoms. The van der Waals surface area contributed by atoms with E-state index in [1.807, 2.05) is 6.07 Å². The molecule has 2 aromatic rings. The van der Waals surface area contributed by atoms with E-state index in [0.717, 1.165) is 5.56 Å². The minimum Gasteiger partial charge on any atom is -0.508 e. The van der Waals surface area contributed by atoms with Gasteiger partial charge in [-0.25, -0.2) is 8.42 Å². The van der Waals surface area contributed by atoms with Crippen LogP contribution in [0.3, 0.4) is 0 Å². The third kappa shape index (κ3) is 4.11. The molecule has 1 aliphatic heterocycles. The van der Waals surface area contributed by atoms with E-state index < -0.39 is 10.0 Å². The first kappa shape index (κ1) is 17.3. The van der Waals surface area contributed by atoms with Gasteiger partial charge in [0.05, 0.1) is 17.9 Å². The number of rotatable bonds is 5. The van der Waals surface area contributed by atoms with Crippen molar-refractivity contribution in [1.82, 2.24) is 5.32 Å². The van der Waals surface area contributed by atoms with Gasteiger partial charge < -0.3 is 10.4 Å². The summed E-state index contributed by atoms with van der Waals surface area (Å²) < 4.78 is 25.4. The lowest BCUT2D eigenvalue weighted by molar-refractivity contribution is -0.120. The first-order valence-corrected chi connectivity index (χ1v) is 9.69. The number of amides is 1. The Bertz CT molecular complexity index is 880. The second kappa shape index (κ2) is 7.14. The summed E-state index contributed by atoms with van der Waals surface area (Å²) in [5, 5.41) is 12.5. The highest BCUT2D eigenvalue weighted by Gasteiger charge is 2.28. The first-order valence-electron chi connectivity index (χ1n) is 8.09. The lowest BCUT2D eigenvalue weighted by atomic mass is 10.1. The number of para-hydroxylation sites is 1. The van der Waals surface area contributed by atoms with Crippen LogP contribution in [0.4, 0.5) is 5.69 Å². The molecule has 7 heteroatoms. The Kier molecular flexibility index (Phi) is 4.94. The summed E-state index contributed by atoms with van der Waals surface area (Å²) in [6.45, 7) is 0.791. The summed E-state index contributed by atoms with van der Waals surface area (Å²) in [7, 11) is -3.22. The van der Waals surface area contributed by atoms with Gasteiger partial charge in [-0.1, -0.05) is 30.3 Å². The van der Waals surface area contributed by atoms with E-state index in [1.165, 1.54) is 4.31 Å². The summed E-state index contributed by atoms with van der Waals surface area (Å²) in [4.78, 5) is 12.1. The lowest BCUT2D eigenvalue weighted by Crippen LogP contribution is -2.26. The Hall–Kier alpha value is -2.54. The zero-order valence-corrected chi connectivity index (χ0v) is 14.5. The second-order valence-corrected chi connectivity index (χ2v) is 8.01. The van der Waals surface area contributed by atoms with Crippen molar-refractivity contribution in [3.63, 3.8) is 0 Å². The number of sulfonamides is 1. The van der Waals surface area contributed by atoms with Crippen molar-refractivity contribution in [2.45, 2.75) is 19.4 Å². The fraction of sp³-hybridized carbons (Fsp3) is 0.278. The van der Waals surface area contributed by atoms with Gasteiger partial charge in [-0.15, -0.1) is 0 Å². The number of carbonyl (C=O) groups excluding carboxylic acids is 1. The minimum atomic E-state index is -3.22. The molecule has 1 aliphatic rings. The lowest BCUT2D eigenvalue weighted by Gasteiger charge is -2.17. The van der Waals surface area contributed by atoms with E-state index in [2.05, 4.69) is 5.32 Å². The molecule has 6 nitrogen and oxygen atoms in total. The number of phenols is 1. The van der Waals surface area contributed by atoms with Crippen LogP contribution in [0.15, 0.2) is 48.5 Å². The van der Waals surface area contributed by atoms with Crippen molar-refractivity contribution >= 4 is 21.6 Å².